The van der Waals surface area contributed by atoms with E-state index in [2.05, 4.69) is 15.1 Å². The van der Waals surface area contributed by atoms with Crippen LogP contribution in [-0.4, -0.2) is 54.1 Å². The topological polar surface area (TPSA) is 52.2 Å². The number of aromatic amines is 1. The molecule has 16 heavy (non-hydrogen) atoms. The summed E-state index contributed by atoms with van der Waals surface area (Å²) < 4.78 is 0. The normalized spacial score (nSPS) is 11.8. The Kier molecular flexibility index (Phi) is 4.06. The van der Waals surface area contributed by atoms with Crippen LogP contribution in [-0.2, 0) is 4.79 Å². The fourth-order valence-corrected chi connectivity index (χ4v) is 1.26. The summed E-state index contributed by atoms with van der Waals surface area (Å²) in [5.41, 5.74) is -0.408. The first-order valence-corrected chi connectivity index (χ1v) is 5.35. The predicted molar refractivity (Wildman–Crippen MR) is 64.6 cm³/mol. The maximum Gasteiger partial charge on any atom is 0.139 e. The molecule has 0 spiro atoms. The summed E-state index contributed by atoms with van der Waals surface area (Å²) in [4.78, 5) is 15.0. The van der Waals surface area contributed by atoms with Crippen molar-refractivity contribution in [2.24, 2.45) is 0 Å². The SMILES string of the molecule is CN(CCN(C)C(C)(C)C=O)c1ccn[nH]1. The molecule has 1 rings (SSSR count). The van der Waals surface area contributed by atoms with E-state index in [1.54, 1.807) is 6.20 Å². The van der Waals surface area contributed by atoms with Gasteiger partial charge in [-0.15, -0.1) is 0 Å². The van der Waals surface area contributed by atoms with Crippen molar-refractivity contribution in [1.29, 1.82) is 0 Å². The molecule has 0 amide bonds. The number of hydrogen-bond donors (Lipinski definition) is 1. The van der Waals surface area contributed by atoms with Crippen molar-refractivity contribution in [2.75, 3.05) is 32.1 Å². The van der Waals surface area contributed by atoms with Gasteiger partial charge in [0.15, 0.2) is 0 Å². The van der Waals surface area contributed by atoms with Gasteiger partial charge in [0.05, 0.1) is 11.7 Å². The molecule has 0 unspecified atom stereocenters. The number of carbonyl (C=O) groups is 1. The molecule has 0 aliphatic heterocycles. The van der Waals surface area contributed by atoms with Crippen LogP contribution in [0.4, 0.5) is 5.82 Å². The molecule has 5 heteroatoms. The Bertz CT molecular complexity index is 321. The summed E-state index contributed by atoms with van der Waals surface area (Å²) in [6, 6.07) is 1.92. The van der Waals surface area contributed by atoms with Gasteiger partial charge >= 0.3 is 0 Å². The number of nitrogens with zero attached hydrogens (tertiary/aromatic N) is 3. The molecule has 0 saturated heterocycles. The third-order valence-electron chi connectivity index (χ3n) is 2.94. The van der Waals surface area contributed by atoms with E-state index in [1.165, 1.54) is 0 Å². The average molecular weight is 224 g/mol. The standard InChI is InChI=1S/C11H20N4O/c1-11(2,9-16)15(4)8-7-14(3)10-5-6-12-13-10/h5-6,9H,7-8H2,1-4H3,(H,12,13). The zero-order valence-electron chi connectivity index (χ0n) is 10.4. The van der Waals surface area contributed by atoms with Crippen LogP contribution in [0.25, 0.3) is 0 Å². The Balaban J connectivity index is 2.43. The Morgan fingerprint density at radius 3 is 2.62 bits per heavy atom. The number of aldehydes is 1. The smallest absolute Gasteiger partial charge is 0.139 e. The van der Waals surface area contributed by atoms with E-state index in [9.17, 15) is 4.79 Å². The summed E-state index contributed by atoms with van der Waals surface area (Å²) in [6.07, 6.45) is 2.70. The highest BCUT2D eigenvalue weighted by Gasteiger charge is 2.22. The molecule has 0 radical (unpaired) electrons. The summed E-state index contributed by atoms with van der Waals surface area (Å²) in [7, 11) is 3.95. The fourth-order valence-electron chi connectivity index (χ4n) is 1.26. The van der Waals surface area contributed by atoms with Gasteiger partial charge in [-0.25, -0.2) is 0 Å². The second kappa shape index (κ2) is 5.12. The summed E-state index contributed by atoms with van der Waals surface area (Å²) >= 11 is 0. The van der Waals surface area contributed by atoms with E-state index in [0.717, 1.165) is 25.2 Å². The molecule has 1 aromatic rings. The van der Waals surface area contributed by atoms with Gasteiger partial charge in [-0.3, -0.25) is 10.00 Å². The molecule has 90 valence electrons. The molecule has 1 N–H and O–H groups in total. The first-order valence-electron chi connectivity index (χ1n) is 5.35. The Morgan fingerprint density at radius 1 is 1.44 bits per heavy atom. The van der Waals surface area contributed by atoms with Gasteiger partial charge in [-0.05, 0) is 20.9 Å². The van der Waals surface area contributed by atoms with E-state index in [0.29, 0.717) is 0 Å². The Morgan fingerprint density at radius 2 is 2.12 bits per heavy atom. The third kappa shape index (κ3) is 3.06. The highest BCUT2D eigenvalue weighted by molar-refractivity contribution is 5.62. The first kappa shape index (κ1) is 12.7. The molecule has 0 saturated carbocycles. The van der Waals surface area contributed by atoms with Gasteiger partial charge in [0.25, 0.3) is 0 Å². The highest BCUT2D eigenvalue weighted by atomic mass is 16.1. The van der Waals surface area contributed by atoms with Crippen LogP contribution in [0.1, 0.15) is 13.8 Å². The van der Waals surface area contributed by atoms with Gasteiger partial charge in [-0.1, -0.05) is 0 Å². The largest absolute Gasteiger partial charge is 0.359 e. The van der Waals surface area contributed by atoms with Crippen molar-refractivity contribution in [3.8, 4) is 0 Å². The van der Waals surface area contributed by atoms with Crippen LogP contribution in [0.3, 0.4) is 0 Å². The van der Waals surface area contributed by atoms with Gasteiger partial charge in [-0.2, -0.15) is 5.10 Å². The maximum absolute atomic E-state index is 10.9. The molecular formula is C11H20N4O. The lowest BCUT2D eigenvalue weighted by molar-refractivity contribution is -0.116. The minimum Gasteiger partial charge on any atom is -0.359 e. The number of likely N-dealkylation sites (N-methyl/N-ethyl adjacent to an activating group) is 2. The number of nitrogens with one attached hydrogen (secondary N) is 1. The predicted octanol–water partition coefficient (Wildman–Crippen LogP) is 0.755. The monoisotopic (exact) mass is 224 g/mol. The van der Waals surface area contributed by atoms with Crippen LogP contribution >= 0.6 is 0 Å². The molecule has 0 aliphatic carbocycles. The lowest BCUT2D eigenvalue weighted by atomic mass is 10.1. The fraction of sp³-hybridized carbons (Fsp3) is 0.636. The average Bonchev–Trinajstić information content (AvgIpc) is 2.78. The van der Waals surface area contributed by atoms with Gasteiger partial charge < -0.3 is 9.69 Å². The molecule has 0 bridgehead atoms. The van der Waals surface area contributed by atoms with Crippen LogP contribution in [0, 0.1) is 0 Å². The lowest BCUT2D eigenvalue weighted by Gasteiger charge is -2.31. The van der Waals surface area contributed by atoms with Crippen LogP contribution < -0.4 is 4.90 Å². The van der Waals surface area contributed by atoms with Crippen molar-refractivity contribution in [1.82, 2.24) is 15.1 Å². The second-order valence-corrected chi connectivity index (χ2v) is 4.56. The Hall–Kier alpha value is -1.36. The minimum atomic E-state index is -0.408. The number of anilines is 1. The van der Waals surface area contributed by atoms with E-state index in [-0.39, 0.29) is 0 Å². The number of H-pyrrole nitrogens is 1. The second-order valence-electron chi connectivity index (χ2n) is 4.56. The van der Waals surface area contributed by atoms with Gasteiger partial charge in [0.2, 0.25) is 0 Å². The molecule has 0 aliphatic rings. The van der Waals surface area contributed by atoms with Crippen LogP contribution in [0.2, 0.25) is 0 Å². The number of rotatable bonds is 6. The Labute approximate surface area is 96.4 Å². The van der Waals surface area contributed by atoms with E-state index < -0.39 is 5.54 Å². The zero-order valence-corrected chi connectivity index (χ0v) is 10.4. The summed E-state index contributed by atoms with van der Waals surface area (Å²) in [5.74, 6) is 0.984. The maximum atomic E-state index is 10.9. The highest BCUT2D eigenvalue weighted by Crippen LogP contribution is 2.10. The van der Waals surface area contributed by atoms with Gasteiger partial charge in [0.1, 0.15) is 12.1 Å². The lowest BCUT2D eigenvalue weighted by Crippen LogP contribution is -2.45. The van der Waals surface area contributed by atoms with E-state index in [1.807, 2.05) is 38.9 Å². The van der Waals surface area contributed by atoms with E-state index >= 15 is 0 Å². The van der Waals surface area contributed by atoms with Gasteiger partial charge in [0, 0.05) is 26.2 Å². The van der Waals surface area contributed by atoms with Crippen molar-refractivity contribution >= 4 is 12.1 Å². The summed E-state index contributed by atoms with van der Waals surface area (Å²) in [6.45, 7) is 5.49. The van der Waals surface area contributed by atoms with Crippen molar-refractivity contribution in [3.63, 3.8) is 0 Å². The molecule has 5 nitrogen and oxygen atoms in total. The third-order valence-corrected chi connectivity index (χ3v) is 2.94. The molecule has 1 aromatic heterocycles. The van der Waals surface area contributed by atoms with Crippen LogP contribution in [0.15, 0.2) is 12.3 Å². The van der Waals surface area contributed by atoms with E-state index in [4.69, 9.17) is 0 Å². The molecule has 1 heterocycles. The number of aromatic nitrogens is 2. The molecule has 0 fully saturated rings. The molecular weight excluding hydrogens is 204 g/mol. The van der Waals surface area contributed by atoms with Crippen molar-refractivity contribution < 1.29 is 4.79 Å². The number of carbonyl (C=O) groups excluding carboxylic acids is 1. The molecule has 0 aromatic carbocycles. The zero-order chi connectivity index (χ0) is 12.2. The minimum absolute atomic E-state index is 0.408. The summed E-state index contributed by atoms with van der Waals surface area (Å²) in [5, 5.41) is 6.80. The van der Waals surface area contributed by atoms with Crippen molar-refractivity contribution in [2.45, 2.75) is 19.4 Å². The van der Waals surface area contributed by atoms with Crippen LogP contribution in [0.5, 0.6) is 0 Å². The quantitative estimate of drug-likeness (QED) is 0.725. The van der Waals surface area contributed by atoms with Crippen molar-refractivity contribution in [3.05, 3.63) is 12.3 Å². The molecule has 0 atom stereocenters. The number of hydrogen-bond acceptors (Lipinski definition) is 4. The first-order chi connectivity index (χ1) is 7.47.